The van der Waals surface area contributed by atoms with Crippen molar-refractivity contribution in [3.63, 3.8) is 0 Å². The highest BCUT2D eigenvalue weighted by molar-refractivity contribution is 5.76. The fraction of sp³-hybridized carbons (Fsp3) is 0.750. The molecular formula is C8H16N2O4. The number of unbranched alkanes of at least 4 members (excludes halogenated alkanes) is 1. The summed E-state index contributed by atoms with van der Waals surface area (Å²) in [6, 6.07) is 0. The number of carbonyl (C=O) groups is 2. The van der Waals surface area contributed by atoms with E-state index in [-0.39, 0.29) is 18.7 Å². The van der Waals surface area contributed by atoms with Crippen molar-refractivity contribution in [1.29, 1.82) is 0 Å². The first-order valence-corrected chi connectivity index (χ1v) is 4.39. The van der Waals surface area contributed by atoms with Gasteiger partial charge in [-0.15, -0.1) is 0 Å². The van der Waals surface area contributed by atoms with Crippen molar-refractivity contribution in [1.82, 2.24) is 4.90 Å². The Balaban J connectivity index is 3.57. The molecule has 0 rings (SSSR count). The maximum Gasteiger partial charge on any atom is 0.226 e. The summed E-state index contributed by atoms with van der Waals surface area (Å²) in [4.78, 5) is 22.4. The highest BCUT2D eigenvalue weighted by Gasteiger charge is 2.10. The third kappa shape index (κ3) is 5.50. The zero-order valence-electron chi connectivity index (χ0n) is 7.98. The molecule has 0 aliphatic rings. The van der Waals surface area contributed by atoms with Gasteiger partial charge in [0.25, 0.3) is 0 Å². The summed E-state index contributed by atoms with van der Waals surface area (Å²) >= 11 is 0. The summed E-state index contributed by atoms with van der Waals surface area (Å²) in [5, 5.41) is 17.2. The number of carbonyl (C=O) groups excluding carboxylic acids is 2. The van der Waals surface area contributed by atoms with E-state index < -0.39 is 19.4 Å². The van der Waals surface area contributed by atoms with Gasteiger partial charge in [-0.1, -0.05) is 0 Å². The lowest BCUT2D eigenvalue weighted by atomic mass is 10.2. The van der Waals surface area contributed by atoms with Gasteiger partial charge in [-0.2, -0.15) is 0 Å². The predicted molar refractivity (Wildman–Crippen MR) is 48.7 cm³/mol. The van der Waals surface area contributed by atoms with Gasteiger partial charge in [0.2, 0.25) is 11.8 Å². The largest absolute Gasteiger partial charge is 0.376 e. The number of rotatable bonds is 7. The molecule has 0 aromatic carbocycles. The average molecular weight is 204 g/mol. The highest BCUT2D eigenvalue weighted by Crippen LogP contribution is 2.02. The Kier molecular flexibility index (Phi) is 6.69. The monoisotopic (exact) mass is 204 g/mol. The van der Waals surface area contributed by atoms with E-state index in [4.69, 9.17) is 15.9 Å². The van der Waals surface area contributed by atoms with E-state index in [0.717, 1.165) is 4.90 Å². The number of nitrogens with zero attached hydrogens (tertiary/aromatic N) is 1. The van der Waals surface area contributed by atoms with Crippen molar-refractivity contribution in [3.8, 4) is 0 Å². The molecule has 0 aromatic heterocycles. The molecule has 0 fully saturated rings. The van der Waals surface area contributed by atoms with Crippen LogP contribution in [-0.2, 0) is 9.59 Å². The van der Waals surface area contributed by atoms with Crippen molar-refractivity contribution >= 4 is 11.8 Å². The quantitative estimate of drug-likeness (QED) is 0.356. The van der Waals surface area contributed by atoms with Crippen LogP contribution in [0.5, 0.6) is 0 Å². The van der Waals surface area contributed by atoms with Crippen LogP contribution in [0.2, 0.25) is 0 Å². The summed E-state index contributed by atoms with van der Waals surface area (Å²) in [6.45, 7) is -0.990. The molecule has 0 heterocycles. The molecule has 0 saturated carbocycles. The van der Waals surface area contributed by atoms with Gasteiger partial charge in [0.1, 0.15) is 13.5 Å². The first-order valence-electron chi connectivity index (χ1n) is 4.39. The maximum atomic E-state index is 11.1. The third-order valence-electron chi connectivity index (χ3n) is 1.76. The molecule has 2 amide bonds. The van der Waals surface area contributed by atoms with Crippen LogP contribution >= 0.6 is 0 Å². The van der Waals surface area contributed by atoms with Crippen LogP contribution in [0, 0.1) is 0 Å². The lowest BCUT2D eigenvalue weighted by molar-refractivity contribution is -0.139. The molecule has 4 N–H and O–H groups in total. The first-order chi connectivity index (χ1) is 6.61. The second kappa shape index (κ2) is 7.28. The van der Waals surface area contributed by atoms with Gasteiger partial charge in [0.15, 0.2) is 0 Å². The number of hydrogen-bond acceptors (Lipinski definition) is 4. The smallest absolute Gasteiger partial charge is 0.226 e. The van der Waals surface area contributed by atoms with Crippen molar-refractivity contribution in [2.75, 3.05) is 13.5 Å². The minimum atomic E-state index is -0.495. The number of hydrogen-bond donors (Lipinski definition) is 3. The van der Waals surface area contributed by atoms with Gasteiger partial charge in [-0.05, 0) is 12.8 Å². The Morgan fingerprint density at radius 1 is 1.07 bits per heavy atom. The second-order valence-corrected chi connectivity index (χ2v) is 2.89. The second-order valence-electron chi connectivity index (χ2n) is 2.89. The van der Waals surface area contributed by atoms with Crippen LogP contribution in [0.25, 0.3) is 0 Å². The fourth-order valence-corrected chi connectivity index (χ4v) is 0.936. The lowest BCUT2D eigenvalue weighted by Gasteiger charge is -2.16. The lowest BCUT2D eigenvalue weighted by Crippen LogP contribution is -2.32. The molecule has 0 aliphatic carbocycles. The van der Waals surface area contributed by atoms with Crippen LogP contribution in [0.4, 0.5) is 0 Å². The molecule has 0 aromatic rings. The van der Waals surface area contributed by atoms with E-state index in [0.29, 0.717) is 12.8 Å². The standard InChI is InChI=1S/C8H16N2O4/c9-7(13)3-1-2-4-8(14)10(5-11)6-12/h11-12H,1-6H2,(H2,9,13). The molecule has 0 spiro atoms. The molecule has 6 heteroatoms. The summed E-state index contributed by atoms with van der Waals surface area (Å²) in [6.07, 6.45) is 1.53. The Bertz CT molecular complexity index is 192. The third-order valence-corrected chi connectivity index (χ3v) is 1.76. The fourth-order valence-electron chi connectivity index (χ4n) is 0.936. The molecule has 6 nitrogen and oxygen atoms in total. The molecule has 0 atom stereocenters. The molecule has 0 aliphatic heterocycles. The summed E-state index contributed by atoms with van der Waals surface area (Å²) in [5.41, 5.74) is 4.91. The van der Waals surface area contributed by atoms with Gasteiger partial charge in [-0.3, -0.25) is 14.5 Å². The van der Waals surface area contributed by atoms with Crippen LogP contribution in [0.15, 0.2) is 0 Å². The molecule has 0 radical (unpaired) electrons. The maximum absolute atomic E-state index is 11.1. The molecule has 14 heavy (non-hydrogen) atoms. The molecule has 0 unspecified atom stereocenters. The summed E-state index contributed by atoms with van der Waals surface area (Å²) in [7, 11) is 0. The van der Waals surface area contributed by atoms with E-state index in [1.807, 2.05) is 0 Å². The molecule has 0 bridgehead atoms. The highest BCUT2D eigenvalue weighted by atomic mass is 16.3. The number of nitrogens with two attached hydrogens (primary N) is 1. The molecule has 0 saturated heterocycles. The SMILES string of the molecule is NC(=O)CCCCC(=O)N(CO)CO. The van der Waals surface area contributed by atoms with Gasteiger partial charge in [0.05, 0.1) is 0 Å². The van der Waals surface area contributed by atoms with Gasteiger partial charge in [-0.25, -0.2) is 0 Å². The Labute approximate surface area is 82.3 Å². The minimum Gasteiger partial charge on any atom is -0.376 e. The van der Waals surface area contributed by atoms with E-state index in [2.05, 4.69) is 0 Å². The number of amides is 2. The summed E-state index contributed by atoms with van der Waals surface area (Å²) < 4.78 is 0. The average Bonchev–Trinajstić information content (AvgIpc) is 2.14. The van der Waals surface area contributed by atoms with E-state index in [9.17, 15) is 9.59 Å². The van der Waals surface area contributed by atoms with Gasteiger partial charge in [0, 0.05) is 12.8 Å². The Morgan fingerprint density at radius 3 is 2.00 bits per heavy atom. The van der Waals surface area contributed by atoms with Crippen molar-refractivity contribution < 1.29 is 19.8 Å². The van der Waals surface area contributed by atoms with Crippen molar-refractivity contribution in [3.05, 3.63) is 0 Å². The number of aliphatic hydroxyl groups is 2. The van der Waals surface area contributed by atoms with Crippen LogP contribution < -0.4 is 5.73 Å². The van der Waals surface area contributed by atoms with E-state index in [1.54, 1.807) is 0 Å². The van der Waals surface area contributed by atoms with Crippen molar-refractivity contribution in [2.24, 2.45) is 5.73 Å². The topological polar surface area (TPSA) is 104 Å². The number of primary amides is 1. The van der Waals surface area contributed by atoms with Crippen LogP contribution in [0.3, 0.4) is 0 Å². The van der Waals surface area contributed by atoms with Gasteiger partial charge >= 0.3 is 0 Å². The molecule has 82 valence electrons. The Morgan fingerprint density at radius 2 is 1.57 bits per heavy atom. The minimum absolute atomic E-state index is 0.203. The van der Waals surface area contributed by atoms with Crippen molar-refractivity contribution in [2.45, 2.75) is 25.7 Å². The van der Waals surface area contributed by atoms with E-state index in [1.165, 1.54) is 0 Å². The van der Waals surface area contributed by atoms with E-state index >= 15 is 0 Å². The van der Waals surface area contributed by atoms with Gasteiger partial charge < -0.3 is 15.9 Å². The predicted octanol–water partition coefficient (Wildman–Crippen LogP) is -1.24. The first kappa shape index (κ1) is 12.9. The number of aliphatic hydroxyl groups excluding tert-OH is 2. The normalized spacial score (nSPS) is 9.86. The zero-order valence-corrected chi connectivity index (χ0v) is 7.98. The zero-order chi connectivity index (χ0) is 11.0. The Hall–Kier alpha value is -1.14. The van der Waals surface area contributed by atoms with Crippen LogP contribution in [-0.4, -0.2) is 40.4 Å². The summed E-state index contributed by atoms with van der Waals surface area (Å²) in [5.74, 6) is -0.724. The molecular weight excluding hydrogens is 188 g/mol. The van der Waals surface area contributed by atoms with Crippen LogP contribution in [0.1, 0.15) is 25.7 Å².